The smallest absolute Gasteiger partial charge is 0.187 e. The molecule has 0 aliphatic carbocycles. The highest BCUT2D eigenvalue weighted by molar-refractivity contribution is 4.97. The number of aliphatic hydroxyl groups is 23. The molecule has 23 N–H and O–H groups in total. The molecule has 0 spiro atoms. The molecule has 0 amide bonds. The van der Waals surface area contributed by atoms with Crippen molar-refractivity contribution in [3.63, 3.8) is 0 Å². The lowest BCUT2D eigenvalue weighted by Crippen LogP contribution is -2.65. The Morgan fingerprint density at radius 2 is 0.449 bits per heavy atom. The largest absolute Gasteiger partial charge is 0.394 e. The summed E-state index contributed by atoms with van der Waals surface area (Å²) in [5.41, 5.74) is 0. The van der Waals surface area contributed by atoms with E-state index in [2.05, 4.69) is 0 Å². The van der Waals surface area contributed by atoms with Crippen molar-refractivity contribution in [2.45, 2.75) is 215 Å². The number of rotatable bonds is 19. The van der Waals surface area contributed by atoms with Gasteiger partial charge in [0.15, 0.2) is 44.0 Å². The Morgan fingerprint density at radius 1 is 0.218 bits per heavy atom. The van der Waals surface area contributed by atoms with Gasteiger partial charge in [-0.2, -0.15) is 0 Å². The van der Waals surface area contributed by atoms with Crippen molar-refractivity contribution >= 4 is 0 Å². The first kappa shape index (κ1) is 64.1. The van der Waals surface area contributed by atoms with Gasteiger partial charge in [-0.1, -0.05) is 0 Å². The maximum Gasteiger partial charge on any atom is 0.187 e. The fraction of sp³-hybridized carbons (Fsp3) is 1.00. The van der Waals surface area contributed by atoms with E-state index in [0.29, 0.717) is 0 Å². The number of aliphatic hydroxyl groups excluding tert-OH is 23. The highest BCUT2D eigenvalue weighted by Gasteiger charge is 2.54. The quantitative estimate of drug-likeness (QED) is 0.0571. The van der Waals surface area contributed by atoms with Gasteiger partial charge in [-0.15, -0.1) is 0 Å². The summed E-state index contributed by atoms with van der Waals surface area (Å²) < 4.78 is 71.2. The second kappa shape index (κ2) is 27.5. The third kappa shape index (κ3) is 13.7. The molecule has 7 aliphatic rings. The van der Waals surface area contributed by atoms with E-state index >= 15 is 0 Å². The Hall–Kier alpha value is -1.44. The zero-order valence-corrected chi connectivity index (χ0v) is 40.8. The summed E-state index contributed by atoms with van der Waals surface area (Å²) in [5.74, 6) is 0. The third-order valence-electron chi connectivity index (χ3n) is 14.4. The molecular weight excluding hydrogens is 1080 g/mol. The molecule has 0 radical (unpaired) electrons. The molecule has 7 rings (SSSR count). The van der Waals surface area contributed by atoms with E-state index in [4.69, 9.17) is 61.6 Å². The fourth-order valence-electron chi connectivity index (χ4n) is 9.48. The lowest BCUT2D eigenvalue weighted by atomic mass is 9.97. The molecule has 0 aromatic carbocycles. The van der Waals surface area contributed by atoms with Gasteiger partial charge in [-0.05, 0) is 0 Å². The van der Waals surface area contributed by atoms with Crippen molar-refractivity contribution in [2.75, 3.05) is 46.2 Å². The number of hydrogen-bond donors (Lipinski definition) is 23. The molecule has 35 atom stereocenters. The van der Waals surface area contributed by atoms with E-state index in [1.807, 2.05) is 0 Å². The van der Waals surface area contributed by atoms with Crippen LogP contribution in [-0.2, 0) is 61.6 Å². The van der Waals surface area contributed by atoms with Gasteiger partial charge in [0.2, 0.25) is 0 Å². The van der Waals surface area contributed by atoms with Crippen LogP contribution in [0, 0.1) is 0 Å². The molecule has 0 aromatic rings. The van der Waals surface area contributed by atoms with Crippen molar-refractivity contribution < 1.29 is 179 Å². The molecule has 7 fully saturated rings. The van der Waals surface area contributed by atoms with Crippen molar-refractivity contribution in [1.82, 2.24) is 0 Å². The van der Waals surface area contributed by atoms with Crippen LogP contribution in [0.1, 0.15) is 0 Å². The zero-order chi connectivity index (χ0) is 57.3. The van der Waals surface area contributed by atoms with Crippen LogP contribution in [-0.4, -0.2) is 379 Å². The minimum absolute atomic E-state index is 0.714. The van der Waals surface area contributed by atoms with Gasteiger partial charge < -0.3 is 179 Å². The second-order valence-electron chi connectivity index (χ2n) is 19.8. The first-order valence-corrected chi connectivity index (χ1v) is 24.6. The SMILES string of the molecule is OC[C@H]1OC(OC[C@H]2O[C@@H](OC[C@H]3O[C@@H](OC[C@H]4O[C@@H](OC[C@H]5O[C@@H](OC[C@H]6O[C@@H](O[C@H]7[C@H](O)[C@H](O)[C@@H](O)O[C@@H]7CO)[C@H](O)[C@@H](O)[C@@H]6O)[C@H](O)[C@@H](O)[C@@H]5O)[C@H](O)[C@@H](O)[C@@H]4O)[C@H](O)[C@@H](O)[C@@H]3O)[C@H](O)[C@@H](O)[C@@H]2O)[C@H](O)[C@@H](O)[C@@H]1O. The summed E-state index contributed by atoms with van der Waals surface area (Å²) >= 11 is 0. The molecule has 78 heavy (non-hydrogen) atoms. The molecule has 7 saturated heterocycles. The predicted octanol–water partition coefficient (Wildman–Crippen LogP) is -16.3. The Labute approximate surface area is 439 Å². The lowest BCUT2D eigenvalue weighted by molar-refractivity contribution is -0.364. The number of hydrogen-bond acceptors (Lipinski definition) is 36. The van der Waals surface area contributed by atoms with Gasteiger partial charge in [0, 0.05) is 0 Å². The van der Waals surface area contributed by atoms with E-state index < -0.39 is 261 Å². The molecule has 456 valence electrons. The average molecular weight is 1150 g/mol. The molecule has 1 unspecified atom stereocenters. The monoisotopic (exact) mass is 1150 g/mol. The summed E-state index contributed by atoms with van der Waals surface area (Å²) in [7, 11) is 0. The Balaban J connectivity index is 0.910. The fourth-order valence-corrected chi connectivity index (χ4v) is 9.48. The average Bonchev–Trinajstić information content (AvgIpc) is 3.42. The molecule has 36 nitrogen and oxygen atoms in total. The zero-order valence-electron chi connectivity index (χ0n) is 40.8. The van der Waals surface area contributed by atoms with Crippen LogP contribution in [0.4, 0.5) is 0 Å². The summed E-state index contributed by atoms with van der Waals surface area (Å²) in [4.78, 5) is 0. The maximum absolute atomic E-state index is 10.8. The van der Waals surface area contributed by atoms with Gasteiger partial charge in [-0.3, -0.25) is 0 Å². The molecule has 0 bridgehead atoms. The van der Waals surface area contributed by atoms with Crippen LogP contribution in [0.25, 0.3) is 0 Å². The molecule has 36 heteroatoms. The Kier molecular flexibility index (Phi) is 22.6. The molecular formula is C42H72O36. The molecule has 7 heterocycles. The minimum Gasteiger partial charge on any atom is -0.394 e. The molecule has 0 aromatic heterocycles. The summed E-state index contributed by atoms with van der Waals surface area (Å²) in [6.07, 6.45) is -65.1. The van der Waals surface area contributed by atoms with Crippen LogP contribution in [0.2, 0.25) is 0 Å². The standard InChI is InChI=1S/C42H72O36/c43-1-8-15(45)21(51)29(59)37(72-8)66-3-10-16(46)22(52)30(60)38(73-10)67-4-11-17(47)23(53)31(61)39(74-11)68-5-12-18(48)24(54)32(62)40(75-12)69-6-13-19(49)25(55)33(63)41(76-13)70-7-14-20(50)26(56)34(64)42(77-14)78-35-9(2-44)71-36(65)28(58)27(35)57/h8-65H,1-7H2/t8-,9-,10-,11-,12-,13-,14-,15-,16-,17-,18-,19-,20-,21+,22+,23+,24+,25+,26+,27-,28+,29-,30-,31-,32-,33-,34-,35-,36+,37?,38-,39-,40-,41-,42+/m1/s1. The van der Waals surface area contributed by atoms with Crippen LogP contribution in [0.5, 0.6) is 0 Å². The van der Waals surface area contributed by atoms with E-state index in [-0.39, 0.29) is 0 Å². The van der Waals surface area contributed by atoms with Crippen LogP contribution in [0.3, 0.4) is 0 Å². The van der Waals surface area contributed by atoms with Gasteiger partial charge in [0.05, 0.1) is 46.2 Å². The molecule has 7 aliphatic heterocycles. The van der Waals surface area contributed by atoms with E-state index in [1.165, 1.54) is 0 Å². The first-order valence-electron chi connectivity index (χ1n) is 24.6. The Bertz CT molecular complexity index is 1820. The first-order chi connectivity index (χ1) is 36.8. The van der Waals surface area contributed by atoms with Gasteiger partial charge in [0.25, 0.3) is 0 Å². The lowest BCUT2D eigenvalue weighted by Gasteiger charge is -2.46. The topological polar surface area (TPSA) is 585 Å². The summed E-state index contributed by atoms with van der Waals surface area (Å²) in [5, 5.41) is 240. The van der Waals surface area contributed by atoms with E-state index in [0.717, 1.165) is 0 Å². The number of ether oxygens (including phenoxy) is 13. The highest BCUT2D eigenvalue weighted by Crippen LogP contribution is 2.33. The van der Waals surface area contributed by atoms with Gasteiger partial charge >= 0.3 is 0 Å². The van der Waals surface area contributed by atoms with Crippen LogP contribution >= 0.6 is 0 Å². The van der Waals surface area contributed by atoms with Crippen molar-refractivity contribution in [1.29, 1.82) is 0 Å². The maximum atomic E-state index is 10.8. The summed E-state index contributed by atoms with van der Waals surface area (Å²) in [6.45, 7) is -5.70. The van der Waals surface area contributed by atoms with Crippen molar-refractivity contribution in [3.05, 3.63) is 0 Å². The van der Waals surface area contributed by atoms with Crippen molar-refractivity contribution in [3.8, 4) is 0 Å². The van der Waals surface area contributed by atoms with E-state index in [1.54, 1.807) is 0 Å². The molecule has 0 saturated carbocycles. The van der Waals surface area contributed by atoms with Crippen LogP contribution < -0.4 is 0 Å². The van der Waals surface area contributed by atoms with E-state index in [9.17, 15) is 117 Å². The summed E-state index contributed by atoms with van der Waals surface area (Å²) in [6, 6.07) is 0. The highest BCUT2D eigenvalue weighted by atomic mass is 16.8. The predicted molar refractivity (Wildman–Crippen MR) is 232 cm³/mol. The van der Waals surface area contributed by atoms with Gasteiger partial charge in [-0.25, -0.2) is 0 Å². The normalized spacial score (nSPS) is 53.5. The van der Waals surface area contributed by atoms with Crippen molar-refractivity contribution in [2.24, 2.45) is 0 Å². The Morgan fingerprint density at radius 3 is 0.718 bits per heavy atom. The minimum atomic E-state index is -2.06. The van der Waals surface area contributed by atoms with Gasteiger partial charge in [0.1, 0.15) is 171 Å². The second-order valence-corrected chi connectivity index (χ2v) is 19.8. The van der Waals surface area contributed by atoms with Crippen LogP contribution in [0.15, 0.2) is 0 Å². The third-order valence-corrected chi connectivity index (χ3v) is 14.4.